The van der Waals surface area contributed by atoms with Gasteiger partial charge in [-0.15, -0.1) is 0 Å². The highest BCUT2D eigenvalue weighted by Gasteiger charge is 2.23. The Morgan fingerprint density at radius 3 is 2.73 bits per heavy atom. The molecule has 8 heteroatoms. The van der Waals surface area contributed by atoms with Crippen molar-refractivity contribution >= 4 is 40.9 Å². The van der Waals surface area contributed by atoms with Gasteiger partial charge in [0.25, 0.3) is 0 Å². The van der Waals surface area contributed by atoms with Gasteiger partial charge < -0.3 is 18.6 Å². The minimum absolute atomic E-state index is 0.0645. The highest BCUT2D eigenvalue weighted by atomic mass is 79.9. The molecule has 0 spiro atoms. The van der Waals surface area contributed by atoms with Gasteiger partial charge in [0, 0.05) is 41.0 Å². The molecular weight excluding hydrogens is 414 g/mol. The lowest BCUT2D eigenvalue weighted by atomic mass is 10.1. The first-order valence-corrected chi connectivity index (χ1v) is 12.8. The fourth-order valence-electron chi connectivity index (χ4n) is 2.42. The number of aromatic nitrogens is 1. The largest absolute Gasteiger partial charge is 0.461 e. The van der Waals surface area contributed by atoms with Crippen LogP contribution in [0.5, 0.6) is 0 Å². The first kappa shape index (κ1) is 20.5. The predicted octanol–water partition coefficient (Wildman–Crippen LogP) is 4.46. The van der Waals surface area contributed by atoms with E-state index in [9.17, 15) is 10.1 Å². The van der Waals surface area contributed by atoms with Crippen LogP contribution < -0.4 is 0 Å². The molecule has 2 rings (SSSR count). The Morgan fingerprint density at radius 1 is 1.46 bits per heavy atom. The molecule has 0 atom stereocenters. The lowest BCUT2D eigenvalue weighted by Gasteiger charge is -2.16. The highest BCUT2D eigenvalue weighted by molar-refractivity contribution is 9.10. The first-order chi connectivity index (χ1) is 12.1. The van der Waals surface area contributed by atoms with Gasteiger partial charge in [-0.1, -0.05) is 19.6 Å². The molecule has 0 N–H and O–H groups in total. The molecule has 140 valence electrons. The van der Waals surface area contributed by atoms with Crippen LogP contribution >= 0.6 is 15.9 Å². The molecule has 6 nitrogen and oxygen atoms in total. The number of hydrogen-bond acceptors (Lipinski definition) is 5. The van der Waals surface area contributed by atoms with Crippen molar-refractivity contribution in [2.45, 2.75) is 32.4 Å². The van der Waals surface area contributed by atoms with Gasteiger partial charge in [-0.2, -0.15) is 5.26 Å². The number of nitriles is 1. The van der Waals surface area contributed by atoms with Crippen molar-refractivity contribution in [3.63, 3.8) is 0 Å². The molecule has 0 amide bonds. The van der Waals surface area contributed by atoms with E-state index in [0.717, 1.165) is 16.0 Å². The maximum absolute atomic E-state index is 12.9. The van der Waals surface area contributed by atoms with E-state index >= 15 is 0 Å². The van der Waals surface area contributed by atoms with Crippen molar-refractivity contribution in [2.24, 2.45) is 0 Å². The zero-order valence-corrected chi connectivity index (χ0v) is 18.4. The molecule has 0 bridgehead atoms. The summed E-state index contributed by atoms with van der Waals surface area (Å²) in [5.41, 5.74) is 1.77. The summed E-state index contributed by atoms with van der Waals surface area (Å²) in [5, 5.41) is 9.35. The van der Waals surface area contributed by atoms with Crippen LogP contribution in [0.15, 0.2) is 33.0 Å². The molecule has 0 aliphatic heterocycles. The number of halogens is 1. The van der Waals surface area contributed by atoms with Crippen molar-refractivity contribution in [2.75, 3.05) is 20.7 Å². The second-order valence-electron chi connectivity index (χ2n) is 7.55. The van der Waals surface area contributed by atoms with Gasteiger partial charge in [0.05, 0.1) is 10.2 Å². The summed E-state index contributed by atoms with van der Waals surface area (Å²) in [5.74, 6) is -0.353. The summed E-state index contributed by atoms with van der Waals surface area (Å²) in [4.78, 5) is 14.5. The number of ether oxygens (including phenoxy) is 1. The Hall–Kier alpha value is -1.82. The Balaban J connectivity index is 2.35. The zero-order valence-electron chi connectivity index (χ0n) is 15.8. The molecular formula is C18H24BrN3O3Si. The SMILES string of the molecule is CN(C)/C=C(\C#N)C(=O)c1cc2occ(Br)c2n1COCC[Si](C)(C)C. The van der Waals surface area contributed by atoms with Crippen molar-refractivity contribution in [3.8, 4) is 6.07 Å². The fraction of sp³-hybridized carbons (Fsp3) is 0.444. The van der Waals surface area contributed by atoms with E-state index in [1.165, 1.54) is 6.20 Å². The van der Waals surface area contributed by atoms with E-state index in [4.69, 9.17) is 9.15 Å². The van der Waals surface area contributed by atoms with Gasteiger partial charge in [-0.25, -0.2) is 0 Å². The molecule has 0 fully saturated rings. The van der Waals surface area contributed by atoms with Crippen molar-refractivity contribution in [1.82, 2.24) is 9.47 Å². The molecule has 0 unspecified atom stereocenters. The summed E-state index contributed by atoms with van der Waals surface area (Å²) >= 11 is 3.45. The van der Waals surface area contributed by atoms with Gasteiger partial charge in [0.1, 0.15) is 30.2 Å². The van der Waals surface area contributed by atoms with Gasteiger partial charge in [0.15, 0.2) is 5.58 Å². The van der Waals surface area contributed by atoms with Crippen molar-refractivity contribution in [1.29, 1.82) is 5.26 Å². The Kier molecular flexibility index (Phi) is 6.50. The summed E-state index contributed by atoms with van der Waals surface area (Å²) in [6, 6.07) is 4.67. The molecule has 2 aromatic heterocycles. The van der Waals surface area contributed by atoms with Gasteiger partial charge in [-0.05, 0) is 22.0 Å². The van der Waals surface area contributed by atoms with E-state index in [1.54, 1.807) is 35.9 Å². The van der Waals surface area contributed by atoms with Crippen LogP contribution in [0.1, 0.15) is 10.5 Å². The Morgan fingerprint density at radius 2 is 2.15 bits per heavy atom. The topological polar surface area (TPSA) is 71.4 Å². The van der Waals surface area contributed by atoms with E-state index in [1.807, 2.05) is 6.07 Å². The van der Waals surface area contributed by atoms with Crippen molar-refractivity contribution < 1.29 is 13.9 Å². The third kappa shape index (κ3) is 4.87. The number of carbonyl (C=O) groups is 1. The van der Waals surface area contributed by atoms with Gasteiger partial charge >= 0.3 is 0 Å². The van der Waals surface area contributed by atoms with Crippen LogP contribution in [-0.4, -0.2) is 44.0 Å². The molecule has 0 aliphatic carbocycles. The van der Waals surface area contributed by atoms with Crippen LogP contribution in [0.2, 0.25) is 25.7 Å². The maximum Gasteiger partial charge on any atom is 0.221 e. The number of ketones is 1. The number of Topliss-reactive ketones (excluding diaryl/α,β-unsaturated/α-hetero) is 1. The summed E-state index contributed by atoms with van der Waals surface area (Å²) < 4.78 is 13.8. The normalized spacial score (nSPS) is 12.4. The lowest BCUT2D eigenvalue weighted by Crippen LogP contribution is -2.22. The smallest absolute Gasteiger partial charge is 0.221 e. The van der Waals surface area contributed by atoms with E-state index in [0.29, 0.717) is 17.9 Å². The summed E-state index contributed by atoms with van der Waals surface area (Å²) in [6.07, 6.45) is 3.10. The number of furan rings is 1. The highest BCUT2D eigenvalue weighted by Crippen LogP contribution is 2.30. The zero-order chi connectivity index (χ0) is 19.5. The minimum Gasteiger partial charge on any atom is -0.461 e. The van der Waals surface area contributed by atoms with Gasteiger partial charge in [0.2, 0.25) is 5.78 Å². The Labute approximate surface area is 163 Å². The number of fused-ring (bicyclic) bond motifs is 1. The van der Waals surface area contributed by atoms with Gasteiger partial charge in [-0.3, -0.25) is 4.79 Å². The van der Waals surface area contributed by atoms with Crippen LogP contribution in [0, 0.1) is 11.3 Å². The second kappa shape index (κ2) is 8.25. The van der Waals surface area contributed by atoms with Crippen LogP contribution in [0.3, 0.4) is 0 Å². The summed E-state index contributed by atoms with van der Waals surface area (Å²) in [6.45, 7) is 7.73. The molecule has 26 heavy (non-hydrogen) atoms. The molecule has 2 aromatic rings. The molecule has 0 radical (unpaired) electrons. The molecule has 0 aliphatic rings. The number of rotatable bonds is 8. The van der Waals surface area contributed by atoms with Crippen LogP contribution in [-0.2, 0) is 11.5 Å². The number of nitrogens with zero attached hydrogens (tertiary/aromatic N) is 3. The molecule has 0 saturated heterocycles. The number of allylic oxidation sites excluding steroid dienone is 1. The molecule has 0 saturated carbocycles. The predicted molar refractivity (Wildman–Crippen MR) is 108 cm³/mol. The lowest BCUT2D eigenvalue weighted by molar-refractivity contribution is 0.0841. The van der Waals surface area contributed by atoms with E-state index < -0.39 is 8.07 Å². The average Bonchev–Trinajstić information content (AvgIpc) is 3.08. The summed E-state index contributed by atoms with van der Waals surface area (Å²) in [7, 11) is 2.34. The third-order valence-corrected chi connectivity index (χ3v) is 6.05. The fourth-order valence-corrected chi connectivity index (χ4v) is 3.68. The van der Waals surface area contributed by atoms with Crippen molar-refractivity contribution in [3.05, 3.63) is 34.3 Å². The number of hydrogen-bond donors (Lipinski definition) is 0. The second-order valence-corrected chi connectivity index (χ2v) is 14.0. The maximum atomic E-state index is 12.9. The van der Waals surface area contributed by atoms with E-state index in [-0.39, 0.29) is 18.1 Å². The molecule has 0 aromatic carbocycles. The third-order valence-electron chi connectivity index (χ3n) is 3.78. The standard InChI is InChI=1S/C18H24BrN3O3Si/c1-21(2)10-13(9-20)18(23)15-8-16-17(14(19)11-25-16)22(15)12-24-6-7-26(3,4)5/h8,10-11H,6-7,12H2,1-5H3/b13-10+. The monoisotopic (exact) mass is 437 g/mol. The average molecular weight is 438 g/mol. The van der Waals surface area contributed by atoms with E-state index in [2.05, 4.69) is 35.6 Å². The molecule has 2 heterocycles. The van der Waals surface area contributed by atoms with Crippen LogP contribution in [0.25, 0.3) is 11.1 Å². The quantitative estimate of drug-likeness (QED) is 0.200. The minimum atomic E-state index is -1.19. The van der Waals surface area contributed by atoms with Crippen LogP contribution in [0.4, 0.5) is 0 Å². The first-order valence-electron chi connectivity index (χ1n) is 8.31. The Bertz CT molecular complexity index is 869. The number of carbonyl (C=O) groups excluding carboxylic acids is 1.